The van der Waals surface area contributed by atoms with Gasteiger partial charge in [-0.25, -0.2) is 9.50 Å². The van der Waals surface area contributed by atoms with Crippen molar-refractivity contribution in [2.75, 3.05) is 6.54 Å². The highest BCUT2D eigenvalue weighted by Crippen LogP contribution is 2.12. The molecule has 0 aliphatic rings. The van der Waals surface area contributed by atoms with E-state index in [0.717, 1.165) is 22.1 Å². The Morgan fingerprint density at radius 3 is 3.08 bits per heavy atom. The zero-order valence-corrected chi connectivity index (χ0v) is 8.53. The van der Waals surface area contributed by atoms with Gasteiger partial charge in [0.15, 0.2) is 5.65 Å². The molecule has 0 saturated carbocycles. The summed E-state index contributed by atoms with van der Waals surface area (Å²) >= 11 is 3.33. The number of hydrogen-bond donors (Lipinski definition) is 1. The first-order valence-corrected chi connectivity index (χ1v) is 4.78. The SMILES string of the molecule is NCCc1cnn2cc(Br)cnc12. The molecule has 0 aliphatic carbocycles. The largest absolute Gasteiger partial charge is 0.330 e. The quantitative estimate of drug-likeness (QED) is 0.853. The van der Waals surface area contributed by atoms with Crippen LogP contribution in [-0.2, 0) is 6.42 Å². The molecule has 0 aromatic carbocycles. The summed E-state index contributed by atoms with van der Waals surface area (Å²) in [6.07, 6.45) is 6.26. The van der Waals surface area contributed by atoms with Gasteiger partial charge in [-0.1, -0.05) is 0 Å². The lowest BCUT2D eigenvalue weighted by Gasteiger charge is -1.95. The Labute approximate surface area is 83.9 Å². The fraction of sp³-hybridized carbons (Fsp3) is 0.250. The van der Waals surface area contributed by atoms with Gasteiger partial charge in [-0.05, 0) is 28.9 Å². The molecule has 5 heteroatoms. The van der Waals surface area contributed by atoms with E-state index in [-0.39, 0.29) is 0 Å². The molecule has 0 unspecified atom stereocenters. The molecular weight excluding hydrogens is 232 g/mol. The van der Waals surface area contributed by atoms with E-state index in [4.69, 9.17) is 5.73 Å². The predicted octanol–water partition coefficient (Wildman–Crippen LogP) is 0.993. The molecule has 2 heterocycles. The van der Waals surface area contributed by atoms with Crippen LogP contribution in [0.3, 0.4) is 0 Å². The number of nitrogens with two attached hydrogens (primary N) is 1. The highest BCUT2D eigenvalue weighted by atomic mass is 79.9. The van der Waals surface area contributed by atoms with Crippen LogP contribution in [0.25, 0.3) is 5.65 Å². The predicted molar refractivity (Wildman–Crippen MR) is 53.4 cm³/mol. The minimum Gasteiger partial charge on any atom is -0.330 e. The van der Waals surface area contributed by atoms with E-state index in [1.54, 1.807) is 10.7 Å². The first kappa shape index (κ1) is 8.65. The number of rotatable bonds is 2. The molecule has 0 aliphatic heterocycles. The lowest BCUT2D eigenvalue weighted by molar-refractivity contribution is 0.932. The van der Waals surface area contributed by atoms with E-state index in [9.17, 15) is 0 Å². The second-order valence-electron chi connectivity index (χ2n) is 2.75. The van der Waals surface area contributed by atoms with Crippen molar-refractivity contribution < 1.29 is 0 Å². The fourth-order valence-corrected chi connectivity index (χ4v) is 1.53. The molecule has 13 heavy (non-hydrogen) atoms. The Balaban J connectivity index is 2.55. The highest BCUT2D eigenvalue weighted by molar-refractivity contribution is 9.10. The van der Waals surface area contributed by atoms with Crippen LogP contribution in [0.1, 0.15) is 5.56 Å². The van der Waals surface area contributed by atoms with Crippen LogP contribution >= 0.6 is 15.9 Å². The van der Waals surface area contributed by atoms with Gasteiger partial charge in [-0.3, -0.25) is 0 Å². The monoisotopic (exact) mass is 240 g/mol. The summed E-state index contributed by atoms with van der Waals surface area (Å²) in [7, 11) is 0. The van der Waals surface area contributed by atoms with Crippen LogP contribution in [0.5, 0.6) is 0 Å². The molecule has 2 aromatic rings. The molecule has 0 fully saturated rings. The number of fused-ring (bicyclic) bond motifs is 1. The third kappa shape index (κ3) is 1.57. The van der Waals surface area contributed by atoms with Gasteiger partial charge in [-0.2, -0.15) is 5.10 Å². The van der Waals surface area contributed by atoms with E-state index in [1.807, 2.05) is 12.4 Å². The van der Waals surface area contributed by atoms with Crippen molar-refractivity contribution in [2.24, 2.45) is 5.73 Å². The number of aromatic nitrogens is 3. The summed E-state index contributed by atoms with van der Waals surface area (Å²) < 4.78 is 2.66. The summed E-state index contributed by atoms with van der Waals surface area (Å²) in [5.41, 5.74) is 7.44. The Bertz CT molecular complexity index is 423. The van der Waals surface area contributed by atoms with E-state index in [0.29, 0.717) is 6.54 Å². The summed E-state index contributed by atoms with van der Waals surface area (Å²) in [6, 6.07) is 0. The molecule has 0 radical (unpaired) electrons. The minimum absolute atomic E-state index is 0.624. The lowest BCUT2D eigenvalue weighted by atomic mass is 10.2. The standard InChI is InChI=1S/C8H9BrN4/c9-7-4-11-8-6(1-2-10)3-12-13(8)5-7/h3-5H,1-2,10H2. The lowest BCUT2D eigenvalue weighted by Crippen LogP contribution is -2.02. The van der Waals surface area contributed by atoms with Crippen molar-refractivity contribution in [1.82, 2.24) is 14.6 Å². The van der Waals surface area contributed by atoms with Gasteiger partial charge in [0.2, 0.25) is 0 Å². The zero-order chi connectivity index (χ0) is 9.26. The maximum atomic E-state index is 5.47. The van der Waals surface area contributed by atoms with Crippen molar-refractivity contribution in [1.29, 1.82) is 0 Å². The van der Waals surface area contributed by atoms with Gasteiger partial charge in [0.1, 0.15) is 0 Å². The first-order chi connectivity index (χ1) is 6.31. The number of halogens is 1. The van der Waals surface area contributed by atoms with Crippen LogP contribution < -0.4 is 5.73 Å². The first-order valence-electron chi connectivity index (χ1n) is 3.99. The molecule has 2 rings (SSSR count). The summed E-state index contributed by atoms with van der Waals surface area (Å²) in [4.78, 5) is 4.26. The molecule has 0 saturated heterocycles. The molecular formula is C8H9BrN4. The van der Waals surface area contributed by atoms with Crippen LogP contribution in [0.2, 0.25) is 0 Å². The van der Waals surface area contributed by atoms with Crippen LogP contribution in [0.15, 0.2) is 23.1 Å². The van der Waals surface area contributed by atoms with Crippen molar-refractivity contribution in [3.8, 4) is 0 Å². The van der Waals surface area contributed by atoms with E-state index < -0.39 is 0 Å². The Kier molecular flexibility index (Phi) is 2.28. The summed E-state index contributed by atoms with van der Waals surface area (Å²) in [5, 5.41) is 4.17. The van der Waals surface area contributed by atoms with Crippen molar-refractivity contribution in [3.05, 3.63) is 28.6 Å². The maximum absolute atomic E-state index is 5.47. The van der Waals surface area contributed by atoms with Gasteiger partial charge >= 0.3 is 0 Å². The van der Waals surface area contributed by atoms with Gasteiger partial charge in [0.05, 0.1) is 10.7 Å². The van der Waals surface area contributed by atoms with Gasteiger partial charge in [0.25, 0.3) is 0 Å². The van der Waals surface area contributed by atoms with E-state index in [1.165, 1.54) is 0 Å². The molecule has 0 amide bonds. The second-order valence-corrected chi connectivity index (χ2v) is 3.66. The second kappa shape index (κ2) is 3.43. The average molecular weight is 241 g/mol. The molecule has 68 valence electrons. The summed E-state index contributed by atoms with van der Waals surface area (Å²) in [6.45, 7) is 0.624. The van der Waals surface area contributed by atoms with Crippen LogP contribution in [-0.4, -0.2) is 21.1 Å². The van der Waals surface area contributed by atoms with Crippen molar-refractivity contribution in [2.45, 2.75) is 6.42 Å². The van der Waals surface area contributed by atoms with E-state index >= 15 is 0 Å². The zero-order valence-electron chi connectivity index (χ0n) is 6.94. The maximum Gasteiger partial charge on any atom is 0.158 e. The highest BCUT2D eigenvalue weighted by Gasteiger charge is 2.03. The van der Waals surface area contributed by atoms with E-state index in [2.05, 4.69) is 26.0 Å². The third-order valence-electron chi connectivity index (χ3n) is 1.81. The number of nitrogens with zero attached hydrogens (tertiary/aromatic N) is 3. The Morgan fingerprint density at radius 2 is 2.31 bits per heavy atom. The summed E-state index contributed by atoms with van der Waals surface area (Å²) in [5.74, 6) is 0. The smallest absolute Gasteiger partial charge is 0.158 e. The van der Waals surface area contributed by atoms with Crippen molar-refractivity contribution >= 4 is 21.6 Å². The van der Waals surface area contributed by atoms with Crippen LogP contribution in [0, 0.1) is 0 Å². The topological polar surface area (TPSA) is 56.2 Å². The average Bonchev–Trinajstić information content (AvgIpc) is 2.49. The fourth-order valence-electron chi connectivity index (χ4n) is 1.23. The Hall–Kier alpha value is -0.940. The Morgan fingerprint density at radius 1 is 1.46 bits per heavy atom. The molecule has 2 aromatic heterocycles. The molecule has 0 spiro atoms. The van der Waals surface area contributed by atoms with Gasteiger partial charge < -0.3 is 5.73 Å². The molecule has 4 nitrogen and oxygen atoms in total. The molecule has 0 bridgehead atoms. The third-order valence-corrected chi connectivity index (χ3v) is 2.22. The normalized spacial score (nSPS) is 10.9. The molecule has 2 N–H and O–H groups in total. The molecule has 0 atom stereocenters. The van der Waals surface area contributed by atoms with Crippen LogP contribution in [0.4, 0.5) is 0 Å². The number of hydrogen-bond acceptors (Lipinski definition) is 3. The van der Waals surface area contributed by atoms with Gasteiger partial charge in [0, 0.05) is 18.0 Å². The minimum atomic E-state index is 0.624. The van der Waals surface area contributed by atoms with Gasteiger partial charge in [-0.15, -0.1) is 0 Å². The van der Waals surface area contributed by atoms with Crippen molar-refractivity contribution in [3.63, 3.8) is 0 Å².